The lowest BCUT2D eigenvalue weighted by Gasteiger charge is -2.60. The van der Waals surface area contributed by atoms with Gasteiger partial charge in [-0.05, 0) is 5.56 Å². The van der Waals surface area contributed by atoms with Crippen molar-refractivity contribution >= 4 is 0 Å². The second-order valence-electron chi connectivity index (χ2n) is 6.59. The Hall–Kier alpha value is -1.55. The molecule has 9 heteroatoms. The van der Waals surface area contributed by atoms with Gasteiger partial charge in [0.05, 0.1) is 39.5 Å². The zero-order chi connectivity index (χ0) is 15.8. The van der Waals surface area contributed by atoms with Gasteiger partial charge in [0, 0.05) is 5.56 Å². The van der Waals surface area contributed by atoms with E-state index in [4.69, 9.17) is 0 Å². The van der Waals surface area contributed by atoms with Crippen LogP contribution in [0.25, 0.3) is 0 Å². The molecule has 6 nitrogen and oxygen atoms in total. The Bertz CT molecular complexity index is 636. The largest absolute Gasteiger partial charge is 0.442 e. The van der Waals surface area contributed by atoms with Crippen LogP contribution in [0.2, 0.25) is 0 Å². The van der Waals surface area contributed by atoms with E-state index < -0.39 is 11.8 Å². The third-order valence-corrected chi connectivity index (χ3v) is 4.92. The van der Waals surface area contributed by atoms with Crippen LogP contribution in [0.1, 0.15) is 17.3 Å². The second kappa shape index (κ2) is 4.29. The van der Waals surface area contributed by atoms with Crippen molar-refractivity contribution in [1.29, 1.82) is 0 Å². The topological polar surface area (TPSA) is 37.7 Å². The lowest BCUT2D eigenvalue weighted by molar-refractivity contribution is -0.233. The molecule has 0 atom stereocenters. The van der Waals surface area contributed by atoms with Gasteiger partial charge in [-0.15, -0.1) is 10.2 Å². The predicted molar refractivity (Wildman–Crippen MR) is 73.5 cm³/mol. The molecular weight excluding hydrogens is 309 g/mol. The van der Waals surface area contributed by atoms with E-state index in [1.54, 1.807) is 12.1 Å². The van der Waals surface area contributed by atoms with Crippen LogP contribution in [-0.4, -0.2) is 59.1 Å². The van der Waals surface area contributed by atoms with Crippen molar-refractivity contribution in [1.82, 2.24) is 19.6 Å². The molecule has 4 saturated heterocycles. The molecule has 4 fully saturated rings. The lowest BCUT2D eigenvalue weighted by Crippen LogP contribution is -2.72. The Morgan fingerprint density at radius 1 is 0.870 bits per heavy atom. The van der Waals surface area contributed by atoms with Crippen molar-refractivity contribution in [3.63, 3.8) is 0 Å². The van der Waals surface area contributed by atoms with E-state index >= 15 is 0 Å². The normalized spacial score (nSPS) is 39.7. The molecule has 0 radical (unpaired) electrons. The highest BCUT2D eigenvalue weighted by Gasteiger charge is 2.65. The Morgan fingerprint density at radius 2 is 1.39 bits per heavy atom. The average Bonchev–Trinajstić information content (AvgIpc) is 3.28. The molecule has 4 bridgehead atoms. The molecule has 122 valence electrons. The molecule has 1 aromatic carbocycles. The summed E-state index contributed by atoms with van der Waals surface area (Å²) in [5.41, 5.74) is -1.21. The standard InChI is InChI=1S/C14H15F3N6/c15-14(16,17)13(18-19-13)11-3-1-10(2-4-11)12-22-6-20-5-21(8-22)9-23(12)7-20/h1-4,12H,5-9H2. The Kier molecular flexibility index (Phi) is 2.59. The average molecular weight is 324 g/mol. The Labute approximate surface area is 130 Å². The van der Waals surface area contributed by atoms with Gasteiger partial charge in [-0.2, -0.15) is 13.2 Å². The maximum atomic E-state index is 13.1. The van der Waals surface area contributed by atoms with E-state index in [9.17, 15) is 13.2 Å². The van der Waals surface area contributed by atoms with E-state index in [-0.39, 0.29) is 11.7 Å². The molecule has 0 aliphatic carbocycles. The summed E-state index contributed by atoms with van der Waals surface area (Å²) in [6.07, 6.45) is -4.34. The minimum absolute atomic E-state index is 0.0927. The monoisotopic (exact) mass is 324 g/mol. The molecule has 23 heavy (non-hydrogen) atoms. The molecule has 0 spiro atoms. The third-order valence-electron chi connectivity index (χ3n) is 4.92. The van der Waals surface area contributed by atoms with E-state index in [0.29, 0.717) is 0 Å². The molecular formula is C14H15F3N6. The summed E-state index contributed by atoms with van der Waals surface area (Å²) in [4.78, 5) is 9.35. The van der Waals surface area contributed by atoms with Crippen molar-refractivity contribution in [3.8, 4) is 0 Å². The highest BCUT2D eigenvalue weighted by molar-refractivity contribution is 5.34. The zero-order valence-corrected chi connectivity index (χ0v) is 12.2. The highest BCUT2D eigenvalue weighted by atomic mass is 19.4. The lowest BCUT2D eigenvalue weighted by atomic mass is 9.99. The van der Waals surface area contributed by atoms with Crippen LogP contribution >= 0.6 is 0 Å². The van der Waals surface area contributed by atoms with Crippen molar-refractivity contribution in [2.75, 3.05) is 33.3 Å². The summed E-state index contributed by atoms with van der Waals surface area (Å²) in [5, 5.41) is 6.51. The van der Waals surface area contributed by atoms with Crippen molar-refractivity contribution < 1.29 is 13.2 Å². The minimum atomic E-state index is -4.47. The third kappa shape index (κ3) is 1.90. The van der Waals surface area contributed by atoms with Gasteiger partial charge in [-0.1, -0.05) is 24.3 Å². The van der Waals surface area contributed by atoms with Gasteiger partial charge in [0.25, 0.3) is 0 Å². The van der Waals surface area contributed by atoms with Gasteiger partial charge >= 0.3 is 11.8 Å². The zero-order valence-electron chi connectivity index (χ0n) is 12.2. The summed E-state index contributed by atoms with van der Waals surface area (Å²) in [6.45, 7) is 4.59. The summed E-state index contributed by atoms with van der Waals surface area (Å²) in [7, 11) is 0. The minimum Gasteiger partial charge on any atom is -0.264 e. The highest BCUT2D eigenvalue weighted by Crippen LogP contribution is 2.52. The fourth-order valence-corrected chi connectivity index (χ4v) is 3.96. The van der Waals surface area contributed by atoms with Gasteiger partial charge in [-0.25, -0.2) is 0 Å². The summed E-state index contributed by atoms with van der Waals surface area (Å²) >= 11 is 0. The molecule has 6 rings (SSSR count). The van der Waals surface area contributed by atoms with Crippen molar-refractivity contribution in [2.24, 2.45) is 10.2 Å². The number of rotatable bonds is 2. The number of halogens is 3. The van der Waals surface area contributed by atoms with Crippen molar-refractivity contribution in [3.05, 3.63) is 35.4 Å². The fourth-order valence-electron chi connectivity index (χ4n) is 3.96. The SMILES string of the molecule is FC(F)(F)C1(c2ccc(C3N4CN5CN(C4)CN3C5)cc2)N=N1. The van der Waals surface area contributed by atoms with Gasteiger partial charge < -0.3 is 0 Å². The maximum Gasteiger partial charge on any atom is 0.442 e. The fraction of sp³-hybridized carbons (Fsp3) is 0.571. The molecule has 5 heterocycles. The van der Waals surface area contributed by atoms with E-state index in [2.05, 4.69) is 29.8 Å². The molecule has 0 N–H and O–H groups in total. The smallest absolute Gasteiger partial charge is 0.264 e. The Morgan fingerprint density at radius 3 is 1.83 bits per heavy atom. The first kappa shape index (κ1) is 13.8. The van der Waals surface area contributed by atoms with Gasteiger partial charge in [-0.3, -0.25) is 19.6 Å². The van der Waals surface area contributed by atoms with Crippen LogP contribution < -0.4 is 0 Å². The van der Waals surface area contributed by atoms with Crippen molar-refractivity contribution in [2.45, 2.75) is 18.0 Å². The molecule has 5 aliphatic heterocycles. The quantitative estimate of drug-likeness (QED) is 0.833. The van der Waals surface area contributed by atoms with Gasteiger partial charge in [0.2, 0.25) is 0 Å². The molecule has 0 aromatic heterocycles. The Balaban J connectivity index is 1.43. The molecule has 0 saturated carbocycles. The number of nitrogens with zero attached hydrogens (tertiary/aromatic N) is 6. The molecule has 0 amide bonds. The van der Waals surface area contributed by atoms with Crippen LogP contribution in [0.15, 0.2) is 34.5 Å². The van der Waals surface area contributed by atoms with E-state index in [1.807, 2.05) is 0 Å². The van der Waals surface area contributed by atoms with Crippen LogP contribution in [-0.2, 0) is 5.66 Å². The van der Waals surface area contributed by atoms with Gasteiger partial charge in [0.15, 0.2) is 0 Å². The first-order chi connectivity index (χ1) is 11.0. The van der Waals surface area contributed by atoms with Gasteiger partial charge in [0.1, 0.15) is 0 Å². The first-order valence-electron chi connectivity index (χ1n) is 7.50. The summed E-state index contributed by atoms with van der Waals surface area (Å²) in [6, 6.07) is 6.58. The number of hydrogen-bond donors (Lipinski definition) is 0. The predicted octanol–water partition coefficient (Wildman–Crippen LogP) is 1.90. The number of alkyl halides is 3. The molecule has 0 unspecified atom stereocenters. The number of hydrogen-bond acceptors (Lipinski definition) is 6. The first-order valence-corrected chi connectivity index (χ1v) is 7.50. The summed E-state index contributed by atoms with van der Waals surface area (Å²) < 4.78 is 39.2. The van der Waals surface area contributed by atoms with Crippen LogP contribution in [0.5, 0.6) is 0 Å². The van der Waals surface area contributed by atoms with Crippen LogP contribution in [0.3, 0.4) is 0 Å². The van der Waals surface area contributed by atoms with E-state index in [0.717, 1.165) is 38.9 Å². The molecule has 1 aromatic rings. The second-order valence-corrected chi connectivity index (χ2v) is 6.59. The number of benzene rings is 1. The molecule has 5 aliphatic rings. The van der Waals surface area contributed by atoms with Crippen LogP contribution in [0, 0.1) is 0 Å². The summed E-state index contributed by atoms with van der Waals surface area (Å²) in [5.74, 6) is 0. The van der Waals surface area contributed by atoms with E-state index in [1.165, 1.54) is 12.1 Å². The maximum absolute atomic E-state index is 13.1. The van der Waals surface area contributed by atoms with Crippen LogP contribution in [0.4, 0.5) is 13.2 Å².